The van der Waals surface area contributed by atoms with Crippen LogP contribution >= 0.6 is 0 Å². The fourth-order valence-electron chi connectivity index (χ4n) is 4.46. The van der Waals surface area contributed by atoms with Gasteiger partial charge >= 0.3 is 6.03 Å². The lowest BCUT2D eigenvalue weighted by atomic mass is 9.85. The summed E-state index contributed by atoms with van der Waals surface area (Å²) in [6.45, 7) is 2.39. The van der Waals surface area contributed by atoms with Crippen LogP contribution in [0.4, 0.5) is 4.79 Å². The van der Waals surface area contributed by atoms with Gasteiger partial charge in [0.15, 0.2) is 0 Å². The number of likely N-dealkylation sites (tertiary alicyclic amines) is 1. The SMILES string of the molecule is NC(=O)CCN1CCC2(CC1)C(=O)N(Cc1ccccn1)C(=O)N2Cc1ccccc1. The van der Waals surface area contributed by atoms with Gasteiger partial charge in [-0.25, -0.2) is 4.79 Å². The van der Waals surface area contributed by atoms with E-state index in [1.54, 1.807) is 11.1 Å². The summed E-state index contributed by atoms with van der Waals surface area (Å²) in [6.07, 6.45) is 3.01. The molecule has 1 spiro atoms. The average Bonchev–Trinajstić information content (AvgIpc) is 2.97. The zero-order chi connectivity index (χ0) is 21.8. The third-order valence-corrected chi connectivity index (χ3v) is 6.21. The Bertz CT molecular complexity index is 942. The van der Waals surface area contributed by atoms with Gasteiger partial charge in [-0.15, -0.1) is 0 Å². The normalized spacial score (nSPS) is 18.7. The van der Waals surface area contributed by atoms with Crippen LogP contribution in [0.25, 0.3) is 0 Å². The number of carbonyl (C=O) groups is 3. The number of imide groups is 1. The predicted molar refractivity (Wildman–Crippen MR) is 114 cm³/mol. The monoisotopic (exact) mass is 421 g/mol. The zero-order valence-corrected chi connectivity index (χ0v) is 17.4. The summed E-state index contributed by atoms with van der Waals surface area (Å²) in [4.78, 5) is 47.7. The molecule has 31 heavy (non-hydrogen) atoms. The van der Waals surface area contributed by atoms with Gasteiger partial charge in [0, 0.05) is 38.8 Å². The predicted octanol–water partition coefficient (Wildman–Crippen LogP) is 1.76. The van der Waals surface area contributed by atoms with E-state index in [9.17, 15) is 14.4 Å². The van der Waals surface area contributed by atoms with Gasteiger partial charge in [0.2, 0.25) is 5.91 Å². The minimum atomic E-state index is -0.870. The molecule has 0 aliphatic carbocycles. The first-order valence-electron chi connectivity index (χ1n) is 10.6. The molecule has 2 aliphatic heterocycles. The number of nitrogens with two attached hydrogens (primary N) is 1. The quantitative estimate of drug-likeness (QED) is 0.687. The highest BCUT2D eigenvalue weighted by Crippen LogP contribution is 2.39. The maximum absolute atomic E-state index is 13.6. The molecule has 0 atom stereocenters. The molecular weight excluding hydrogens is 394 g/mol. The van der Waals surface area contributed by atoms with Crippen LogP contribution < -0.4 is 5.73 Å². The molecule has 0 unspecified atom stereocenters. The Morgan fingerprint density at radius 1 is 1.00 bits per heavy atom. The first-order valence-corrected chi connectivity index (χ1v) is 10.6. The van der Waals surface area contributed by atoms with Crippen molar-refractivity contribution in [3.63, 3.8) is 0 Å². The summed E-state index contributed by atoms with van der Waals surface area (Å²) in [7, 11) is 0. The summed E-state index contributed by atoms with van der Waals surface area (Å²) in [6, 6.07) is 14.9. The molecule has 4 rings (SSSR count). The van der Waals surface area contributed by atoms with Crippen molar-refractivity contribution in [2.45, 2.75) is 37.9 Å². The van der Waals surface area contributed by atoms with Crippen LogP contribution in [-0.2, 0) is 22.7 Å². The maximum Gasteiger partial charge on any atom is 0.328 e. The second-order valence-electron chi connectivity index (χ2n) is 8.16. The molecule has 1 aromatic heterocycles. The van der Waals surface area contributed by atoms with E-state index in [2.05, 4.69) is 9.88 Å². The summed E-state index contributed by atoms with van der Waals surface area (Å²) >= 11 is 0. The number of amides is 4. The number of rotatable bonds is 7. The third kappa shape index (κ3) is 4.29. The first kappa shape index (κ1) is 21.0. The Morgan fingerprint density at radius 3 is 2.35 bits per heavy atom. The average molecular weight is 422 g/mol. The Labute approximate surface area is 181 Å². The highest BCUT2D eigenvalue weighted by molar-refractivity contribution is 6.07. The van der Waals surface area contributed by atoms with E-state index < -0.39 is 5.54 Å². The van der Waals surface area contributed by atoms with Crippen molar-refractivity contribution >= 4 is 17.8 Å². The number of hydrogen-bond donors (Lipinski definition) is 1. The fraction of sp³-hybridized carbons (Fsp3) is 0.391. The van der Waals surface area contributed by atoms with Crippen LogP contribution in [0.3, 0.4) is 0 Å². The summed E-state index contributed by atoms with van der Waals surface area (Å²) < 4.78 is 0. The van der Waals surface area contributed by atoms with Gasteiger partial charge in [-0.2, -0.15) is 0 Å². The number of nitrogens with zero attached hydrogens (tertiary/aromatic N) is 4. The van der Waals surface area contributed by atoms with E-state index in [1.165, 1.54) is 4.90 Å². The van der Waals surface area contributed by atoms with Crippen LogP contribution in [-0.4, -0.2) is 62.7 Å². The molecule has 0 bridgehead atoms. The van der Waals surface area contributed by atoms with Gasteiger partial charge in [-0.05, 0) is 30.5 Å². The lowest BCUT2D eigenvalue weighted by Gasteiger charge is -2.42. The third-order valence-electron chi connectivity index (χ3n) is 6.21. The Balaban J connectivity index is 1.58. The minimum Gasteiger partial charge on any atom is -0.370 e. The van der Waals surface area contributed by atoms with Crippen LogP contribution in [0.5, 0.6) is 0 Å². The standard InChI is InChI=1S/C23H27N5O3/c24-20(29)9-13-26-14-10-23(11-15-26)21(30)27(17-19-8-4-5-12-25-19)22(31)28(23)16-18-6-2-1-3-7-18/h1-8,12H,9-11,13-17H2,(H2,24,29). The van der Waals surface area contributed by atoms with E-state index in [4.69, 9.17) is 5.73 Å². The molecule has 2 aromatic rings. The van der Waals surface area contributed by atoms with Crippen molar-refractivity contribution in [3.05, 3.63) is 66.0 Å². The lowest BCUT2D eigenvalue weighted by Crippen LogP contribution is -2.56. The minimum absolute atomic E-state index is 0.159. The van der Waals surface area contributed by atoms with Gasteiger partial charge in [0.05, 0.1) is 12.2 Å². The number of primary amides is 1. The van der Waals surface area contributed by atoms with E-state index >= 15 is 0 Å². The molecular formula is C23H27N5O3. The molecule has 1 aromatic carbocycles. The van der Waals surface area contributed by atoms with Gasteiger partial charge in [0.25, 0.3) is 5.91 Å². The summed E-state index contributed by atoms with van der Waals surface area (Å²) in [5.74, 6) is -0.492. The fourth-order valence-corrected chi connectivity index (χ4v) is 4.46. The molecule has 0 radical (unpaired) electrons. The molecule has 2 saturated heterocycles. The van der Waals surface area contributed by atoms with E-state index in [0.717, 1.165) is 5.56 Å². The Morgan fingerprint density at radius 2 is 1.71 bits per heavy atom. The summed E-state index contributed by atoms with van der Waals surface area (Å²) in [5, 5.41) is 0. The molecule has 2 fully saturated rings. The Kier molecular flexibility index (Phi) is 5.99. The molecule has 162 valence electrons. The number of aromatic nitrogens is 1. The van der Waals surface area contributed by atoms with E-state index in [0.29, 0.717) is 51.1 Å². The van der Waals surface area contributed by atoms with Crippen LogP contribution in [0, 0.1) is 0 Å². The van der Waals surface area contributed by atoms with E-state index in [-0.39, 0.29) is 24.4 Å². The number of piperidine rings is 1. The van der Waals surface area contributed by atoms with E-state index in [1.807, 2.05) is 48.5 Å². The van der Waals surface area contributed by atoms with Crippen LogP contribution in [0.15, 0.2) is 54.7 Å². The molecule has 8 heteroatoms. The lowest BCUT2D eigenvalue weighted by molar-refractivity contribution is -0.136. The maximum atomic E-state index is 13.6. The van der Waals surface area contributed by atoms with Crippen LogP contribution in [0.1, 0.15) is 30.5 Å². The van der Waals surface area contributed by atoms with Crippen molar-refractivity contribution in [3.8, 4) is 0 Å². The summed E-state index contributed by atoms with van der Waals surface area (Å²) in [5.41, 5.74) is 6.08. The molecule has 2 N–H and O–H groups in total. The number of carbonyl (C=O) groups excluding carboxylic acids is 3. The van der Waals surface area contributed by atoms with Crippen molar-refractivity contribution < 1.29 is 14.4 Å². The van der Waals surface area contributed by atoms with Gasteiger partial charge < -0.3 is 15.5 Å². The van der Waals surface area contributed by atoms with Crippen molar-refractivity contribution in [2.24, 2.45) is 5.73 Å². The van der Waals surface area contributed by atoms with Crippen molar-refractivity contribution in [2.75, 3.05) is 19.6 Å². The topological polar surface area (TPSA) is 99.8 Å². The zero-order valence-electron chi connectivity index (χ0n) is 17.4. The largest absolute Gasteiger partial charge is 0.370 e. The Hall–Kier alpha value is -3.26. The second kappa shape index (κ2) is 8.85. The van der Waals surface area contributed by atoms with Crippen molar-refractivity contribution in [1.82, 2.24) is 19.7 Å². The smallest absolute Gasteiger partial charge is 0.328 e. The molecule has 4 amide bonds. The first-order chi connectivity index (χ1) is 15.0. The van der Waals surface area contributed by atoms with Gasteiger partial charge in [-0.3, -0.25) is 19.5 Å². The van der Waals surface area contributed by atoms with Gasteiger partial charge in [0.1, 0.15) is 5.54 Å². The second-order valence-corrected chi connectivity index (χ2v) is 8.16. The molecule has 2 aliphatic rings. The number of pyridine rings is 1. The number of hydrogen-bond acceptors (Lipinski definition) is 5. The van der Waals surface area contributed by atoms with Gasteiger partial charge in [-0.1, -0.05) is 36.4 Å². The molecule has 0 saturated carbocycles. The van der Waals surface area contributed by atoms with Crippen molar-refractivity contribution in [1.29, 1.82) is 0 Å². The molecule has 8 nitrogen and oxygen atoms in total. The number of urea groups is 1. The molecule has 3 heterocycles. The number of benzene rings is 1. The highest BCUT2D eigenvalue weighted by Gasteiger charge is 2.57. The van der Waals surface area contributed by atoms with Crippen LogP contribution in [0.2, 0.25) is 0 Å². The highest BCUT2D eigenvalue weighted by atomic mass is 16.2.